The smallest absolute Gasteiger partial charge is 0.133 e. The monoisotopic (exact) mass is 208 g/mol. The van der Waals surface area contributed by atoms with Gasteiger partial charge >= 0.3 is 0 Å². The maximum Gasteiger partial charge on any atom is 0.133 e. The molecule has 1 aliphatic rings. The van der Waals surface area contributed by atoms with Crippen LogP contribution in [0.3, 0.4) is 0 Å². The first kappa shape index (κ1) is 10.6. The summed E-state index contributed by atoms with van der Waals surface area (Å²) in [4.78, 5) is 0. The van der Waals surface area contributed by atoms with Gasteiger partial charge in [-0.1, -0.05) is 19.3 Å². The molecular formula is C11H20N4. The van der Waals surface area contributed by atoms with Gasteiger partial charge in [-0.2, -0.15) is 0 Å². The summed E-state index contributed by atoms with van der Waals surface area (Å²) < 4.78 is 2.27. The normalized spacial score (nSPS) is 18.2. The Labute approximate surface area is 90.9 Å². The summed E-state index contributed by atoms with van der Waals surface area (Å²) in [6, 6.07) is 0.640. The lowest BCUT2D eigenvalue weighted by molar-refractivity contribution is 0.344. The number of hydrogen-bond donors (Lipinski definition) is 1. The van der Waals surface area contributed by atoms with E-state index in [1.165, 1.54) is 32.1 Å². The molecule has 2 rings (SSSR count). The van der Waals surface area contributed by atoms with Crippen LogP contribution in [0.15, 0.2) is 6.33 Å². The Morgan fingerprint density at radius 3 is 2.87 bits per heavy atom. The van der Waals surface area contributed by atoms with Crippen LogP contribution in [0, 0.1) is 0 Å². The molecule has 0 spiro atoms. The molecule has 1 heterocycles. The van der Waals surface area contributed by atoms with Crippen LogP contribution in [-0.2, 0) is 6.42 Å². The Morgan fingerprint density at radius 1 is 1.33 bits per heavy atom. The van der Waals surface area contributed by atoms with E-state index in [9.17, 15) is 0 Å². The minimum Gasteiger partial charge on any atom is -0.330 e. The first-order valence-corrected chi connectivity index (χ1v) is 6.00. The van der Waals surface area contributed by atoms with E-state index in [-0.39, 0.29) is 0 Å². The Morgan fingerprint density at radius 2 is 2.13 bits per heavy atom. The zero-order valence-electron chi connectivity index (χ0n) is 9.23. The zero-order valence-corrected chi connectivity index (χ0v) is 9.23. The van der Waals surface area contributed by atoms with Gasteiger partial charge in [0.15, 0.2) is 0 Å². The highest BCUT2D eigenvalue weighted by Gasteiger charge is 2.17. The largest absolute Gasteiger partial charge is 0.330 e. The third-order valence-corrected chi connectivity index (χ3v) is 3.22. The van der Waals surface area contributed by atoms with E-state index in [0.29, 0.717) is 6.04 Å². The van der Waals surface area contributed by atoms with Crippen molar-refractivity contribution in [3.05, 3.63) is 12.2 Å². The molecule has 0 atom stereocenters. The quantitative estimate of drug-likeness (QED) is 0.819. The highest BCUT2D eigenvalue weighted by molar-refractivity contribution is 4.90. The van der Waals surface area contributed by atoms with E-state index < -0.39 is 0 Å². The van der Waals surface area contributed by atoms with Crippen LogP contribution in [0.1, 0.15) is 50.4 Å². The van der Waals surface area contributed by atoms with Crippen molar-refractivity contribution in [2.75, 3.05) is 6.54 Å². The number of rotatable bonds is 4. The van der Waals surface area contributed by atoms with Crippen LogP contribution in [0.4, 0.5) is 0 Å². The van der Waals surface area contributed by atoms with E-state index in [2.05, 4.69) is 14.8 Å². The second-order valence-corrected chi connectivity index (χ2v) is 4.34. The molecule has 4 nitrogen and oxygen atoms in total. The van der Waals surface area contributed by atoms with Gasteiger partial charge in [0.1, 0.15) is 12.2 Å². The van der Waals surface area contributed by atoms with Crippen LogP contribution >= 0.6 is 0 Å². The number of aromatic nitrogens is 3. The standard InChI is InChI=1S/C11H20N4/c12-8-4-7-11-14-13-9-15(11)10-5-2-1-3-6-10/h9-10H,1-8,12H2. The number of nitrogens with zero attached hydrogens (tertiary/aromatic N) is 3. The average molecular weight is 208 g/mol. The molecule has 0 radical (unpaired) electrons. The first-order chi connectivity index (χ1) is 7.42. The van der Waals surface area contributed by atoms with Crippen LogP contribution in [0.25, 0.3) is 0 Å². The summed E-state index contributed by atoms with van der Waals surface area (Å²) in [7, 11) is 0. The lowest BCUT2D eigenvalue weighted by atomic mass is 9.95. The Hall–Kier alpha value is -0.900. The molecule has 0 unspecified atom stereocenters. The molecule has 1 aliphatic carbocycles. The van der Waals surface area contributed by atoms with E-state index in [1.807, 2.05) is 6.33 Å². The van der Waals surface area contributed by atoms with Gasteiger partial charge in [0.25, 0.3) is 0 Å². The topological polar surface area (TPSA) is 56.7 Å². The van der Waals surface area contributed by atoms with Gasteiger partial charge in [-0.15, -0.1) is 10.2 Å². The summed E-state index contributed by atoms with van der Waals surface area (Å²) in [5, 5.41) is 8.21. The molecule has 0 saturated heterocycles. The van der Waals surface area contributed by atoms with Crippen LogP contribution < -0.4 is 5.73 Å². The number of nitrogens with two attached hydrogens (primary N) is 1. The van der Waals surface area contributed by atoms with E-state index in [1.54, 1.807) is 0 Å². The zero-order chi connectivity index (χ0) is 10.5. The fourth-order valence-electron chi connectivity index (χ4n) is 2.37. The summed E-state index contributed by atoms with van der Waals surface area (Å²) >= 11 is 0. The minimum absolute atomic E-state index is 0.640. The Kier molecular flexibility index (Phi) is 3.72. The van der Waals surface area contributed by atoms with Crippen molar-refractivity contribution in [2.24, 2.45) is 5.73 Å². The molecule has 1 aromatic heterocycles. The highest BCUT2D eigenvalue weighted by Crippen LogP contribution is 2.28. The summed E-state index contributed by atoms with van der Waals surface area (Å²) in [5.74, 6) is 1.12. The van der Waals surface area contributed by atoms with Gasteiger partial charge in [0.05, 0.1) is 0 Å². The van der Waals surface area contributed by atoms with Gasteiger partial charge in [-0.05, 0) is 25.8 Å². The van der Waals surface area contributed by atoms with E-state index >= 15 is 0 Å². The van der Waals surface area contributed by atoms with Crippen molar-refractivity contribution < 1.29 is 0 Å². The summed E-state index contributed by atoms with van der Waals surface area (Å²) in [6.07, 6.45) is 10.5. The second kappa shape index (κ2) is 5.26. The third kappa shape index (κ3) is 2.56. The number of hydrogen-bond acceptors (Lipinski definition) is 3. The maximum atomic E-state index is 5.52. The van der Waals surface area contributed by atoms with E-state index in [4.69, 9.17) is 5.73 Å². The SMILES string of the molecule is NCCCc1nncn1C1CCCCC1. The van der Waals surface area contributed by atoms with Crippen LogP contribution in [-0.4, -0.2) is 21.3 Å². The van der Waals surface area contributed by atoms with Gasteiger partial charge < -0.3 is 10.3 Å². The van der Waals surface area contributed by atoms with Gasteiger partial charge in [0.2, 0.25) is 0 Å². The van der Waals surface area contributed by atoms with Gasteiger partial charge in [-0.3, -0.25) is 0 Å². The molecule has 2 N–H and O–H groups in total. The number of aryl methyl sites for hydroxylation is 1. The maximum absolute atomic E-state index is 5.52. The fourth-order valence-corrected chi connectivity index (χ4v) is 2.37. The van der Waals surface area contributed by atoms with Crippen molar-refractivity contribution in [1.82, 2.24) is 14.8 Å². The molecule has 4 heteroatoms. The highest BCUT2D eigenvalue weighted by atomic mass is 15.3. The molecule has 15 heavy (non-hydrogen) atoms. The molecule has 1 saturated carbocycles. The summed E-state index contributed by atoms with van der Waals surface area (Å²) in [5.41, 5.74) is 5.52. The molecule has 0 bridgehead atoms. The van der Waals surface area contributed by atoms with Crippen LogP contribution in [0.5, 0.6) is 0 Å². The van der Waals surface area contributed by atoms with Crippen molar-refractivity contribution >= 4 is 0 Å². The molecular weight excluding hydrogens is 188 g/mol. The Bertz CT molecular complexity index is 289. The van der Waals surface area contributed by atoms with Crippen molar-refractivity contribution in [1.29, 1.82) is 0 Å². The Balaban J connectivity index is 2.02. The van der Waals surface area contributed by atoms with Crippen molar-refractivity contribution in [3.8, 4) is 0 Å². The molecule has 84 valence electrons. The van der Waals surface area contributed by atoms with Crippen molar-refractivity contribution in [3.63, 3.8) is 0 Å². The minimum atomic E-state index is 0.640. The van der Waals surface area contributed by atoms with Crippen molar-refractivity contribution in [2.45, 2.75) is 51.0 Å². The molecule has 0 aliphatic heterocycles. The predicted octanol–water partition coefficient (Wildman–Crippen LogP) is 1.67. The first-order valence-electron chi connectivity index (χ1n) is 6.00. The molecule has 1 aromatic rings. The second-order valence-electron chi connectivity index (χ2n) is 4.34. The molecule has 1 fully saturated rings. The van der Waals surface area contributed by atoms with Gasteiger partial charge in [0, 0.05) is 12.5 Å². The van der Waals surface area contributed by atoms with Gasteiger partial charge in [-0.25, -0.2) is 0 Å². The molecule has 0 aromatic carbocycles. The third-order valence-electron chi connectivity index (χ3n) is 3.22. The lowest BCUT2D eigenvalue weighted by Crippen LogP contribution is -2.15. The average Bonchev–Trinajstić information content (AvgIpc) is 2.75. The predicted molar refractivity (Wildman–Crippen MR) is 59.5 cm³/mol. The van der Waals surface area contributed by atoms with E-state index in [0.717, 1.165) is 25.2 Å². The fraction of sp³-hybridized carbons (Fsp3) is 0.818. The molecule has 0 amide bonds. The lowest BCUT2D eigenvalue weighted by Gasteiger charge is -2.23. The summed E-state index contributed by atoms with van der Waals surface area (Å²) in [6.45, 7) is 0.734. The van der Waals surface area contributed by atoms with Crippen LogP contribution in [0.2, 0.25) is 0 Å².